The monoisotopic (exact) mass is 269 g/mol. The quantitative estimate of drug-likeness (QED) is 0.893. The van der Waals surface area contributed by atoms with E-state index in [4.69, 9.17) is 0 Å². The predicted molar refractivity (Wildman–Crippen MR) is 84.3 cm³/mol. The lowest BCUT2D eigenvalue weighted by molar-refractivity contribution is 0.386. The molecule has 0 saturated carbocycles. The lowest BCUT2D eigenvalue weighted by Gasteiger charge is -2.22. The van der Waals surface area contributed by atoms with Crippen LogP contribution in [0, 0.1) is 6.92 Å². The number of para-hydroxylation sites is 1. The fraction of sp³-hybridized carbons (Fsp3) is 0.333. The van der Waals surface area contributed by atoms with Crippen LogP contribution in [0.2, 0.25) is 0 Å². The summed E-state index contributed by atoms with van der Waals surface area (Å²) in [5.74, 6) is 0.624. The molecule has 2 aromatic carbocycles. The molecule has 0 aliphatic heterocycles. The van der Waals surface area contributed by atoms with Crippen molar-refractivity contribution in [3.8, 4) is 5.75 Å². The van der Waals surface area contributed by atoms with Crippen molar-refractivity contribution in [2.24, 2.45) is 0 Å². The zero-order chi connectivity index (χ0) is 14.5. The molecule has 1 atom stereocenters. The van der Waals surface area contributed by atoms with Crippen molar-refractivity contribution in [3.05, 3.63) is 65.2 Å². The molecule has 0 amide bonds. The van der Waals surface area contributed by atoms with E-state index in [1.165, 1.54) is 11.1 Å². The highest BCUT2D eigenvalue weighted by atomic mass is 16.3. The van der Waals surface area contributed by atoms with Crippen LogP contribution in [0.5, 0.6) is 5.75 Å². The molecule has 1 N–H and O–H groups in total. The zero-order valence-corrected chi connectivity index (χ0v) is 12.5. The number of nitrogens with zero attached hydrogens (tertiary/aromatic N) is 1. The van der Waals surface area contributed by atoms with Crippen molar-refractivity contribution < 1.29 is 5.11 Å². The molecule has 0 aromatic heterocycles. The van der Waals surface area contributed by atoms with Gasteiger partial charge in [0.2, 0.25) is 0 Å². The minimum absolute atomic E-state index is 0.236. The molecule has 0 aliphatic rings. The Morgan fingerprint density at radius 2 is 1.55 bits per heavy atom. The highest BCUT2D eigenvalue weighted by Crippen LogP contribution is 2.35. The summed E-state index contributed by atoms with van der Waals surface area (Å²) in [6, 6.07) is 16.1. The van der Waals surface area contributed by atoms with Gasteiger partial charge in [0.1, 0.15) is 5.75 Å². The molecule has 2 rings (SSSR count). The Hall–Kier alpha value is -1.80. The minimum atomic E-state index is 0.236. The van der Waals surface area contributed by atoms with Crippen molar-refractivity contribution in [2.75, 3.05) is 20.6 Å². The normalized spacial score (nSPS) is 12.6. The van der Waals surface area contributed by atoms with E-state index in [-0.39, 0.29) is 5.92 Å². The van der Waals surface area contributed by atoms with Gasteiger partial charge in [0.15, 0.2) is 0 Å². The zero-order valence-electron chi connectivity index (χ0n) is 12.5. The Bertz CT molecular complexity index is 517. The molecule has 0 bridgehead atoms. The molecular weight excluding hydrogens is 246 g/mol. The largest absolute Gasteiger partial charge is 0.508 e. The van der Waals surface area contributed by atoms with Gasteiger partial charge in [-0.2, -0.15) is 0 Å². The predicted octanol–water partition coefficient (Wildman–Crippen LogP) is 3.78. The Balaban J connectivity index is 2.40. The van der Waals surface area contributed by atoms with Crippen LogP contribution in [0.25, 0.3) is 0 Å². The summed E-state index contributed by atoms with van der Waals surface area (Å²) >= 11 is 0. The van der Waals surface area contributed by atoms with E-state index < -0.39 is 0 Å². The standard InChI is InChI=1S/C18H23NO/c1-14-8-4-5-9-15(14)16(12-13-19(2)3)17-10-6-7-11-18(17)20/h4-11,16,20H,12-13H2,1-3H3/t16-/m0/s1. The number of phenolic OH excluding ortho intramolecular Hbond substituents is 1. The number of hydrogen-bond donors (Lipinski definition) is 1. The van der Waals surface area contributed by atoms with Gasteiger partial charge in [-0.1, -0.05) is 42.5 Å². The number of aryl methyl sites for hydroxylation is 1. The van der Waals surface area contributed by atoms with E-state index in [1.54, 1.807) is 6.07 Å². The van der Waals surface area contributed by atoms with Gasteiger partial charge in [-0.15, -0.1) is 0 Å². The molecule has 106 valence electrons. The third kappa shape index (κ3) is 3.40. The maximum absolute atomic E-state index is 10.2. The Morgan fingerprint density at radius 1 is 0.950 bits per heavy atom. The van der Waals surface area contributed by atoms with Crippen LogP contribution in [-0.2, 0) is 0 Å². The summed E-state index contributed by atoms with van der Waals surface area (Å²) in [4.78, 5) is 2.19. The summed E-state index contributed by atoms with van der Waals surface area (Å²) in [5, 5.41) is 10.2. The average molecular weight is 269 g/mol. The Labute approximate surface area is 121 Å². The van der Waals surface area contributed by atoms with E-state index in [1.807, 2.05) is 18.2 Å². The highest BCUT2D eigenvalue weighted by molar-refractivity contribution is 5.43. The summed E-state index contributed by atoms with van der Waals surface area (Å²) in [6.07, 6.45) is 0.995. The molecular formula is C18H23NO. The van der Waals surface area contributed by atoms with Crippen molar-refractivity contribution in [3.63, 3.8) is 0 Å². The highest BCUT2D eigenvalue weighted by Gasteiger charge is 2.18. The van der Waals surface area contributed by atoms with Crippen LogP contribution in [0.3, 0.4) is 0 Å². The molecule has 0 radical (unpaired) electrons. The van der Waals surface area contributed by atoms with E-state index in [0.29, 0.717) is 5.75 Å². The molecule has 0 fully saturated rings. The van der Waals surface area contributed by atoms with E-state index >= 15 is 0 Å². The summed E-state index contributed by atoms with van der Waals surface area (Å²) in [6.45, 7) is 3.13. The third-order valence-corrected chi connectivity index (χ3v) is 3.74. The average Bonchev–Trinajstić information content (AvgIpc) is 2.42. The number of rotatable bonds is 5. The van der Waals surface area contributed by atoms with Crippen molar-refractivity contribution in [2.45, 2.75) is 19.3 Å². The Kier molecular flexibility index (Phi) is 4.80. The van der Waals surface area contributed by atoms with Gasteiger partial charge in [0, 0.05) is 11.5 Å². The van der Waals surface area contributed by atoms with Crippen LogP contribution in [0.4, 0.5) is 0 Å². The molecule has 2 nitrogen and oxygen atoms in total. The molecule has 0 saturated heterocycles. The van der Waals surface area contributed by atoms with Gasteiger partial charge in [0.25, 0.3) is 0 Å². The van der Waals surface area contributed by atoms with Crippen molar-refractivity contribution in [1.82, 2.24) is 4.90 Å². The van der Waals surface area contributed by atoms with Crippen LogP contribution in [0.15, 0.2) is 48.5 Å². The first-order valence-corrected chi connectivity index (χ1v) is 7.07. The van der Waals surface area contributed by atoms with Crippen LogP contribution < -0.4 is 0 Å². The molecule has 0 spiro atoms. The van der Waals surface area contributed by atoms with Gasteiger partial charge in [-0.25, -0.2) is 0 Å². The number of benzene rings is 2. The fourth-order valence-corrected chi connectivity index (χ4v) is 2.63. The number of hydrogen-bond acceptors (Lipinski definition) is 2. The molecule has 0 aliphatic carbocycles. The van der Waals surface area contributed by atoms with E-state index in [9.17, 15) is 5.11 Å². The Morgan fingerprint density at radius 3 is 2.15 bits per heavy atom. The van der Waals surface area contributed by atoms with Gasteiger partial charge in [-0.3, -0.25) is 0 Å². The van der Waals surface area contributed by atoms with Gasteiger partial charge >= 0.3 is 0 Å². The number of aromatic hydroxyl groups is 1. The maximum atomic E-state index is 10.2. The summed E-state index contributed by atoms with van der Waals surface area (Å²) < 4.78 is 0. The van der Waals surface area contributed by atoms with Gasteiger partial charge in [0.05, 0.1) is 0 Å². The maximum Gasteiger partial charge on any atom is 0.119 e. The SMILES string of the molecule is Cc1ccccc1[C@H](CCN(C)C)c1ccccc1O. The second-order valence-corrected chi connectivity index (χ2v) is 5.56. The fourth-order valence-electron chi connectivity index (χ4n) is 2.63. The third-order valence-electron chi connectivity index (χ3n) is 3.74. The molecule has 0 unspecified atom stereocenters. The first-order chi connectivity index (χ1) is 9.59. The van der Waals surface area contributed by atoms with Crippen molar-refractivity contribution in [1.29, 1.82) is 0 Å². The first kappa shape index (κ1) is 14.6. The van der Waals surface area contributed by atoms with Crippen LogP contribution in [-0.4, -0.2) is 30.6 Å². The lowest BCUT2D eigenvalue weighted by Crippen LogP contribution is -2.17. The topological polar surface area (TPSA) is 23.5 Å². The van der Waals surface area contributed by atoms with Gasteiger partial charge in [-0.05, 0) is 51.2 Å². The van der Waals surface area contributed by atoms with E-state index in [0.717, 1.165) is 18.5 Å². The first-order valence-electron chi connectivity index (χ1n) is 7.07. The molecule has 2 heteroatoms. The summed E-state index contributed by atoms with van der Waals surface area (Å²) in [7, 11) is 4.17. The lowest BCUT2D eigenvalue weighted by atomic mass is 9.85. The van der Waals surface area contributed by atoms with Gasteiger partial charge < -0.3 is 10.0 Å². The molecule has 20 heavy (non-hydrogen) atoms. The van der Waals surface area contributed by atoms with Crippen LogP contribution >= 0.6 is 0 Å². The van der Waals surface area contributed by atoms with Crippen molar-refractivity contribution >= 4 is 0 Å². The minimum Gasteiger partial charge on any atom is -0.508 e. The van der Waals surface area contributed by atoms with E-state index in [2.05, 4.69) is 50.2 Å². The summed E-state index contributed by atoms with van der Waals surface area (Å²) in [5.41, 5.74) is 3.60. The number of phenols is 1. The molecule has 2 aromatic rings. The smallest absolute Gasteiger partial charge is 0.119 e. The second-order valence-electron chi connectivity index (χ2n) is 5.56. The molecule has 0 heterocycles. The van der Waals surface area contributed by atoms with Crippen LogP contribution in [0.1, 0.15) is 29.0 Å². The second kappa shape index (κ2) is 6.58.